The van der Waals surface area contributed by atoms with Crippen LogP contribution in [-0.2, 0) is 10.0 Å². The average molecular weight is 381 g/mol. The number of sulfonamides is 1. The lowest BCUT2D eigenvalue weighted by molar-refractivity contribution is 0.598. The molecule has 0 saturated carbocycles. The maximum absolute atomic E-state index is 11.9. The van der Waals surface area contributed by atoms with Gasteiger partial charge in [0, 0.05) is 8.95 Å². The first-order valence-electron chi connectivity index (χ1n) is 4.45. The van der Waals surface area contributed by atoms with Crippen LogP contribution in [0.3, 0.4) is 0 Å². The smallest absolute Gasteiger partial charge is 0.279 e. The highest BCUT2D eigenvalue weighted by molar-refractivity contribution is 9.11. The summed E-state index contributed by atoms with van der Waals surface area (Å²) in [5.74, 6) is 0. The van der Waals surface area contributed by atoms with Crippen molar-refractivity contribution in [2.45, 2.75) is 5.03 Å². The van der Waals surface area contributed by atoms with Crippen molar-refractivity contribution in [1.29, 1.82) is 0 Å². The molecule has 0 saturated heterocycles. The van der Waals surface area contributed by atoms with Crippen LogP contribution in [0.2, 0.25) is 0 Å². The van der Waals surface area contributed by atoms with Crippen molar-refractivity contribution in [2.24, 2.45) is 0 Å². The van der Waals surface area contributed by atoms with Crippen LogP contribution in [0.25, 0.3) is 0 Å². The molecule has 17 heavy (non-hydrogen) atoms. The average Bonchev–Trinajstić information content (AvgIpc) is 2.77. The van der Waals surface area contributed by atoms with Gasteiger partial charge >= 0.3 is 0 Å². The number of nitrogens with zero attached hydrogens (tertiary/aromatic N) is 1. The van der Waals surface area contributed by atoms with Crippen molar-refractivity contribution in [3.63, 3.8) is 0 Å². The van der Waals surface area contributed by atoms with E-state index in [1.54, 1.807) is 18.2 Å². The first kappa shape index (κ1) is 12.6. The van der Waals surface area contributed by atoms with Crippen LogP contribution >= 0.6 is 31.9 Å². The molecule has 5 nitrogen and oxygen atoms in total. The van der Waals surface area contributed by atoms with Gasteiger partial charge in [0.25, 0.3) is 10.0 Å². The number of hydrogen-bond donors (Lipinski definition) is 2. The van der Waals surface area contributed by atoms with E-state index in [4.69, 9.17) is 0 Å². The zero-order valence-electron chi connectivity index (χ0n) is 8.31. The molecule has 0 aliphatic carbocycles. The van der Waals surface area contributed by atoms with Gasteiger partial charge in [0.05, 0.1) is 18.2 Å². The Hall–Kier alpha value is -0.860. The lowest BCUT2D eigenvalue weighted by Gasteiger charge is -2.08. The molecule has 0 aliphatic rings. The molecule has 90 valence electrons. The zero-order valence-corrected chi connectivity index (χ0v) is 12.3. The minimum atomic E-state index is -3.63. The third-order valence-corrected chi connectivity index (χ3v) is 4.41. The van der Waals surface area contributed by atoms with Gasteiger partial charge in [0.15, 0.2) is 5.03 Å². The van der Waals surface area contributed by atoms with E-state index in [1.165, 1.54) is 12.5 Å². The number of anilines is 1. The Morgan fingerprint density at radius 2 is 2.06 bits per heavy atom. The van der Waals surface area contributed by atoms with Gasteiger partial charge < -0.3 is 4.98 Å². The minimum absolute atomic E-state index is 0.0179. The largest absolute Gasteiger partial charge is 0.334 e. The Labute approximate surface area is 115 Å². The highest BCUT2D eigenvalue weighted by atomic mass is 79.9. The van der Waals surface area contributed by atoms with Gasteiger partial charge in [-0.1, -0.05) is 15.9 Å². The summed E-state index contributed by atoms with van der Waals surface area (Å²) in [6.45, 7) is 0. The van der Waals surface area contributed by atoms with E-state index in [0.29, 0.717) is 10.2 Å². The number of benzene rings is 1. The zero-order chi connectivity index (χ0) is 12.5. The van der Waals surface area contributed by atoms with Crippen molar-refractivity contribution < 1.29 is 8.42 Å². The third-order valence-electron chi connectivity index (χ3n) is 1.94. The highest BCUT2D eigenvalue weighted by Crippen LogP contribution is 2.27. The van der Waals surface area contributed by atoms with Crippen molar-refractivity contribution in [3.8, 4) is 0 Å². The summed E-state index contributed by atoms with van der Waals surface area (Å²) in [6.07, 6.45) is 2.55. The molecule has 0 bridgehead atoms. The molecule has 0 fully saturated rings. The number of H-pyrrole nitrogens is 1. The minimum Gasteiger partial charge on any atom is -0.334 e. The number of rotatable bonds is 3. The predicted octanol–water partition coefficient (Wildman–Crippen LogP) is 2.74. The second kappa shape index (κ2) is 4.79. The summed E-state index contributed by atoms with van der Waals surface area (Å²) in [7, 11) is -3.63. The summed E-state index contributed by atoms with van der Waals surface area (Å²) in [5.41, 5.74) is 0.453. The van der Waals surface area contributed by atoms with Crippen molar-refractivity contribution in [1.82, 2.24) is 9.97 Å². The molecule has 0 radical (unpaired) electrons. The maximum atomic E-state index is 11.9. The summed E-state index contributed by atoms with van der Waals surface area (Å²) < 4.78 is 27.7. The van der Waals surface area contributed by atoms with Gasteiger partial charge in [-0.25, -0.2) is 4.98 Å². The summed E-state index contributed by atoms with van der Waals surface area (Å²) in [5, 5.41) is 0.0179. The molecule has 0 aliphatic heterocycles. The Kier molecular flexibility index (Phi) is 3.55. The highest BCUT2D eigenvalue weighted by Gasteiger charge is 2.16. The number of halogens is 2. The number of aromatic amines is 1. The fraction of sp³-hybridized carbons (Fsp3) is 0. The second-order valence-corrected chi connectivity index (χ2v) is 6.57. The predicted molar refractivity (Wildman–Crippen MR) is 71.2 cm³/mol. The first-order valence-corrected chi connectivity index (χ1v) is 7.52. The molecule has 0 spiro atoms. The van der Waals surface area contributed by atoms with Crippen LogP contribution in [0.4, 0.5) is 5.69 Å². The lowest BCUT2D eigenvalue weighted by atomic mass is 10.3. The van der Waals surface area contributed by atoms with Gasteiger partial charge in [0.1, 0.15) is 0 Å². The van der Waals surface area contributed by atoms with Crippen LogP contribution < -0.4 is 4.72 Å². The monoisotopic (exact) mass is 379 g/mol. The summed E-state index contributed by atoms with van der Waals surface area (Å²) in [6, 6.07) is 5.21. The molecule has 0 atom stereocenters. The standard InChI is InChI=1S/C9H7Br2N3O2S/c10-6-1-2-7(11)8(3-6)14-17(15,16)9-4-12-5-13-9/h1-5,14H,(H,12,13). The third kappa shape index (κ3) is 2.88. The van der Waals surface area contributed by atoms with Gasteiger partial charge in [-0.3, -0.25) is 4.72 Å². The van der Waals surface area contributed by atoms with E-state index in [-0.39, 0.29) is 5.03 Å². The molecule has 2 N–H and O–H groups in total. The van der Waals surface area contributed by atoms with E-state index in [1.807, 2.05) is 0 Å². The molecule has 1 heterocycles. The fourth-order valence-corrected chi connectivity index (χ4v) is 2.98. The molecule has 1 aromatic carbocycles. The fourth-order valence-electron chi connectivity index (χ4n) is 1.17. The Morgan fingerprint density at radius 1 is 1.29 bits per heavy atom. The molecule has 8 heteroatoms. The van der Waals surface area contributed by atoms with E-state index in [0.717, 1.165) is 4.47 Å². The van der Waals surface area contributed by atoms with Crippen molar-refractivity contribution in [2.75, 3.05) is 4.72 Å². The SMILES string of the molecule is O=S(=O)(Nc1cc(Br)ccc1Br)c1cnc[nH]1. The number of nitrogens with one attached hydrogen (secondary N) is 2. The van der Waals surface area contributed by atoms with E-state index in [9.17, 15) is 8.42 Å². The number of imidazole rings is 1. The van der Waals surface area contributed by atoms with Crippen LogP contribution in [0, 0.1) is 0 Å². The normalized spacial score (nSPS) is 11.4. The molecule has 0 amide bonds. The van der Waals surface area contributed by atoms with Gasteiger partial charge in [-0.05, 0) is 34.1 Å². The summed E-state index contributed by atoms with van der Waals surface area (Å²) in [4.78, 5) is 6.22. The molecule has 0 unspecified atom stereocenters. The van der Waals surface area contributed by atoms with E-state index in [2.05, 4.69) is 46.5 Å². The van der Waals surface area contributed by atoms with Gasteiger partial charge in [-0.2, -0.15) is 8.42 Å². The van der Waals surface area contributed by atoms with Gasteiger partial charge in [0.2, 0.25) is 0 Å². The van der Waals surface area contributed by atoms with Crippen molar-refractivity contribution in [3.05, 3.63) is 39.7 Å². The Bertz CT molecular complexity index is 626. The lowest BCUT2D eigenvalue weighted by Crippen LogP contribution is -2.13. The molecule has 2 rings (SSSR count). The topological polar surface area (TPSA) is 74.8 Å². The molecular weight excluding hydrogens is 374 g/mol. The quantitative estimate of drug-likeness (QED) is 0.859. The number of hydrogen-bond acceptors (Lipinski definition) is 3. The molecule has 2 aromatic rings. The van der Waals surface area contributed by atoms with Crippen molar-refractivity contribution >= 4 is 47.6 Å². The first-order chi connectivity index (χ1) is 7.99. The second-order valence-electron chi connectivity index (χ2n) is 3.15. The van der Waals surface area contributed by atoms with Gasteiger partial charge in [-0.15, -0.1) is 0 Å². The van der Waals surface area contributed by atoms with Crippen LogP contribution in [0.5, 0.6) is 0 Å². The van der Waals surface area contributed by atoms with Crippen LogP contribution in [-0.4, -0.2) is 18.4 Å². The van der Waals surface area contributed by atoms with Crippen LogP contribution in [0.15, 0.2) is 44.7 Å². The summed E-state index contributed by atoms with van der Waals surface area (Å²) >= 11 is 6.55. The maximum Gasteiger partial charge on any atom is 0.279 e. The van der Waals surface area contributed by atoms with Crippen LogP contribution in [0.1, 0.15) is 0 Å². The molecule has 1 aromatic heterocycles. The van der Waals surface area contributed by atoms with E-state index < -0.39 is 10.0 Å². The van der Waals surface area contributed by atoms with E-state index >= 15 is 0 Å². The Morgan fingerprint density at radius 3 is 2.71 bits per heavy atom. The molecular formula is C9H7Br2N3O2S. The Balaban J connectivity index is 2.36. The number of aromatic nitrogens is 2.